The van der Waals surface area contributed by atoms with E-state index in [1.807, 2.05) is 0 Å². The number of hydrogen-bond donors (Lipinski definition) is 1. The van der Waals surface area contributed by atoms with Crippen molar-refractivity contribution in [2.75, 3.05) is 0 Å². The van der Waals surface area contributed by atoms with E-state index in [-0.39, 0.29) is 19.3 Å². The van der Waals surface area contributed by atoms with Crippen LogP contribution in [0, 0.1) is 10.1 Å². The van der Waals surface area contributed by atoms with E-state index in [0.29, 0.717) is 0 Å². The van der Waals surface area contributed by atoms with Crippen LogP contribution in [0.25, 0.3) is 0 Å². The van der Waals surface area contributed by atoms with Crippen molar-refractivity contribution in [2.45, 2.75) is 37.6 Å². The summed E-state index contributed by atoms with van der Waals surface area (Å²) in [5, 5.41) is 19.2. The van der Waals surface area contributed by atoms with Gasteiger partial charge in [-0.15, -0.1) is 0 Å². The minimum absolute atomic E-state index is 0.0916. The minimum atomic E-state index is -1.10. The molecule has 0 aromatic carbocycles. The van der Waals surface area contributed by atoms with Gasteiger partial charge in [0, 0.05) is 17.8 Å². The van der Waals surface area contributed by atoms with Crippen LogP contribution in [0.3, 0.4) is 0 Å². The number of aliphatic hydroxyl groups is 1. The molecule has 0 saturated heterocycles. The van der Waals surface area contributed by atoms with Crippen molar-refractivity contribution in [1.29, 1.82) is 0 Å². The van der Waals surface area contributed by atoms with Crippen molar-refractivity contribution < 1.29 is 14.4 Å². The average molecular weight is 163 g/mol. The summed E-state index contributed by atoms with van der Waals surface area (Å²) in [5.41, 5.74) is 0. The van der Waals surface area contributed by atoms with Crippen LogP contribution < -0.4 is 0 Å². The Hall–Kier alpha value is -0.710. The molecule has 0 aromatic heterocycles. The molecule has 64 valence electrons. The zero-order valence-electron chi connectivity index (χ0n) is 5.94. The van der Waals surface area contributed by atoms with Crippen LogP contribution >= 0.6 is 0 Å². The molecule has 0 aromatic rings. The molecule has 0 spiro atoms. The molecule has 1 fully saturated rings. The fourth-order valence-corrected chi connectivity index (χ4v) is 1.33. The van der Waals surface area contributed by atoms with Gasteiger partial charge in [-0.25, -0.2) is 4.39 Å². The molecular weight excluding hydrogens is 153 g/mol. The number of alkyl halides is 1. The van der Waals surface area contributed by atoms with Gasteiger partial charge in [0.25, 0.3) is 0 Å². The van der Waals surface area contributed by atoms with E-state index in [9.17, 15) is 14.5 Å². The largest absolute Gasteiger partial charge is 0.386 e. The first-order valence-corrected chi connectivity index (χ1v) is 3.57. The van der Waals surface area contributed by atoms with Crippen LogP contribution in [0.2, 0.25) is 0 Å². The second-order valence-corrected chi connectivity index (χ2v) is 2.83. The Balaban J connectivity index is 2.50. The monoisotopic (exact) mass is 163 g/mol. The number of nitrogens with zero attached hydrogens (tertiary/aromatic N) is 1. The molecular formula is C6H10FNO3. The summed E-state index contributed by atoms with van der Waals surface area (Å²) in [7, 11) is 0. The average Bonchev–Trinajstić information content (AvgIpc) is 1.85. The predicted octanol–water partition coefficient (Wildman–Crippen LogP) is 0.515. The van der Waals surface area contributed by atoms with Crippen molar-refractivity contribution in [3.8, 4) is 0 Å². The zero-order valence-corrected chi connectivity index (χ0v) is 5.94. The maximum absolute atomic E-state index is 12.5. The molecule has 3 atom stereocenters. The summed E-state index contributed by atoms with van der Waals surface area (Å²) in [6.07, 6.45) is -1.92. The van der Waals surface area contributed by atoms with Crippen LogP contribution in [0.1, 0.15) is 19.3 Å². The lowest BCUT2D eigenvalue weighted by Crippen LogP contribution is -2.39. The Morgan fingerprint density at radius 3 is 2.64 bits per heavy atom. The van der Waals surface area contributed by atoms with E-state index in [0.717, 1.165) is 0 Å². The minimum Gasteiger partial charge on any atom is -0.386 e. The first-order valence-electron chi connectivity index (χ1n) is 3.57. The van der Waals surface area contributed by atoms with Gasteiger partial charge in [-0.05, 0) is 6.42 Å². The smallest absolute Gasteiger partial charge is 0.238 e. The molecule has 1 N–H and O–H groups in total. The van der Waals surface area contributed by atoms with E-state index >= 15 is 0 Å². The topological polar surface area (TPSA) is 63.4 Å². The lowest BCUT2D eigenvalue weighted by molar-refractivity contribution is -0.538. The number of hydrogen-bond acceptors (Lipinski definition) is 3. The van der Waals surface area contributed by atoms with Crippen molar-refractivity contribution in [1.82, 2.24) is 0 Å². The van der Waals surface area contributed by atoms with Gasteiger partial charge in [0.05, 0.1) is 0 Å². The fraction of sp³-hybridized carbons (Fsp3) is 1.00. The number of aliphatic hydroxyl groups excluding tert-OH is 1. The number of halogens is 1. The predicted molar refractivity (Wildman–Crippen MR) is 35.5 cm³/mol. The summed E-state index contributed by atoms with van der Waals surface area (Å²) in [5.74, 6) is 0. The molecule has 0 heterocycles. The SMILES string of the molecule is O=[N+]([O-])C1CCC(F)CC1O. The molecule has 5 heteroatoms. The first-order chi connectivity index (χ1) is 5.11. The van der Waals surface area contributed by atoms with Gasteiger partial charge in [0.1, 0.15) is 12.3 Å². The third kappa shape index (κ3) is 1.86. The summed E-state index contributed by atoms with van der Waals surface area (Å²) in [6, 6.07) is -0.956. The van der Waals surface area contributed by atoms with Crippen LogP contribution in [0.15, 0.2) is 0 Å². The van der Waals surface area contributed by atoms with E-state index in [1.54, 1.807) is 0 Å². The highest BCUT2D eigenvalue weighted by Gasteiger charge is 2.36. The lowest BCUT2D eigenvalue weighted by Gasteiger charge is -2.23. The second kappa shape index (κ2) is 3.13. The summed E-state index contributed by atoms with van der Waals surface area (Å²) in [6.45, 7) is 0. The molecule has 3 unspecified atom stereocenters. The Kier molecular flexibility index (Phi) is 2.38. The molecule has 4 nitrogen and oxygen atoms in total. The maximum atomic E-state index is 12.5. The van der Waals surface area contributed by atoms with E-state index in [4.69, 9.17) is 5.11 Å². The molecule has 1 saturated carbocycles. The van der Waals surface area contributed by atoms with Crippen molar-refractivity contribution in [2.24, 2.45) is 0 Å². The quantitative estimate of drug-likeness (QED) is 0.452. The van der Waals surface area contributed by atoms with Gasteiger partial charge in [0.15, 0.2) is 0 Å². The normalized spacial score (nSPS) is 38.5. The summed E-state index contributed by atoms with van der Waals surface area (Å²) in [4.78, 5) is 9.66. The van der Waals surface area contributed by atoms with Crippen LogP contribution in [0.4, 0.5) is 4.39 Å². The molecule has 1 aliphatic rings. The van der Waals surface area contributed by atoms with E-state index in [2.05, 4.69) is 0 Å². The van der Waals surface area contributed by atoms with Gasteiger partial charge in [-0.3, -0.25) is 10.1 Å². The molecule has 0 bridgehead atoms. The third-order valence-electron chi connectivity index (χ3n) is 1.99. The summed E-state index contributed by atoms with van der Waals surface area (Å²) < 4.78 is 12.5. The second-order valence-electron chi connectivity index (χ2n) is 2.83. The molecule has 1 aliphatic carbocycles. The Labute approximate surface area is 63.2 Å². The van der Waals surface area contributed by atoms with Crippen LogP contribution in [0.5, 0.6) is 0 Å². The Morgan fingerprint density at radius 1 is 1.55 bits per heavy atom. The van der Waals surface area contributed by atoms with Gasteiger partial charge in [-0.1, -0.05) is 0 Å². The number of nitro groups is 1. The van der Waals surface area contributed by atoms with Crippen LogP contribution in [-0.2, 0) is 0 Å². The molecule has 0 aliphatic heterocycles. The molecule has 11 heavy (non-hydrogen) atoms. The van der Waals surface area contributed by atoms with Gasteiger partial charge >= 0.3 is 0 Å². The van der Waals surface area contributed by atoms with Gasteiger partial charge in [0.2, 0.25) is 6.04 Å². The van der Waals surface area contributed by atoms with Gasteiger partial charge in [-0.2, -0.15) is 0 Å². The van der Waals surface area contributed by atoms with Crippen molar-refractivity contribution >= 4 is 0 Å². The molecule has 1 rings (SSSR count). The Bertz CT molecular complexity index is 164. The van der Waals surface area contributed by atoms with Gasteiger partial charge < -0.3 is 5.11 Å². The summed E-state index contributed by atoms with van der Waals surface area (Å²) >= 11 is 0. The molecule has 0 amide bonds. The third-order valence-corrected chi connectivity index (χ3v) is 1.99. The standard InChI is InChI=1S/C6H10FNO3/c7-4-1-2-5(8(10)11)6(9)3-4/h4-6,9H,1-3H2. The zero-order chi connectivity index (χ0) is 8.43. The fourth-order valence-electron chi connectivity index (χ4n) is 1.33. The van der Waals surface area contributed by atoms with Crippen molar-refractivity contribution in [3.63, 3.8) is 0 Å². The highest BCUT2D eigenvalue weighted by Crippen LogP contribution is 2.23. The highest BCUT2D eigenvalue weighted by atomic mass is 19.1. The highest BCUT2D eigenvalue weighted by molar-refractivity contribution is 4.79. The van der Waals surface area contributed by atoms with E-state index in [1.165, 1.54) is 0 Å². The Morgan fingerprint density at radius 2 is 2.18 bits per heavy atom. The van der Waals surface area contributed by atoms with E-state index < -0.39 is 23.2 Å². The maximum Gasteiger partial charge on any atom is 0.238 e. The number of rotatable bonds is 1. The first kappa shape index (κ1) is 8.39. The molecule has 0 radical (unpaired) electrons. The lowest BCUT2D eigenvalue weighted by atomic mass is 9.92. The van der Waals surface area contributed by atoms with Crippen molar-refractivity contribution in [3.05, 3.63) is 10.1 Å². The van der Waals surface area contributed by atoms with Crippen LogP contribution in [-0.4, -0.2) is 28.3 Å².